The van der Waals surface area contributed by atoms with Gasteiger partial charge < -0.3 is 9.88 Å². The lowest BCUT2D eigenvalue weighted by atomic mass is 10.1. The van der Waals surface area contributed by atoms with E-state index in [4.69, 9.17) is 0 Å². The molecular formula is C15H19N3O. The molecule has 100 valence electrons. The second kappa shape index (κ2) is 6.18. The number of hydrogen-bond donors (Lipinski definition) is 1. The molecule has 19 heavy (non-hydrogen) atoms. The standard InChI is InChI=1S/C15H19N3O/c1-3-8-18-11-14(4-5-15(18)19)17-10-13-9-16-7-6-12(13)2/h4-7,9,11,17H,3,8,10H2,1-2H3. The van der Waals surface area contributed by atoms with Crippen LogP contribution >= 0.6 is 0 Å². The fourth-order valence-electron chi connectivity index (χ4n) is 1.93. The first-order valence-corrected chi connectivity index (χ1v) is 6.54. The fraction of sp³-hybridized carbons (Fsp3) is 0.333. The maximum Gasteiger partial charge on any atom is 0.250 e. The van der Waals surface area contributed by atoms with Crippen molar-refractivity contribution in [2.24, 2.45) is 0 Å². The molecular weight excluding hydrogens is 238 g/mol. The highest BCUT2D eigenvalue weighted by Gasteiger charge is 2.00. The van der Waals surface area contributed by atoms with Crippen molar-refractivity contribution in [3.63, 3.8) is 0 Å². The normalized spacial score (nSPS) is 10.4. The van der Waals surface area contributed by atoms with Gasteiger partial charge in [-0.05, 0) is 36.6 Å². The Morgan fingerprint density at radius 3 is 2.89 bits per heavy atom. The molecule has 0 saturated heterocycles. The van der Waals surface area contributed by atoms with Gasteiger partial charge in [-0.15, -0.1) is 0 Å². The van der Waals surface area contributed by atoms with Crippen LogP contribution in [0.25, 0.3) is 0 Å². The quantitative estimate of drug-likeness (QED) is 0.895. The molecule has 2 rings (SSSR count). The summed E-state index contributed by atoms with van der Waals surface area (Å²) in [4.78, 5) is 15.7. The van der Waals surface area contributed by atoms with Crippen molar-refractivity contribution in [3.8, 4) is 0 Å². The van der Waals surface area contributed by atoms with Gasteiger partial charge in [0.15, 0.2) is 0 Å². The van der Waals surface area contributed by atoms with E-state index in [9.17, 15) is 4.79 Å². The Morgan fingerprint density at radius 2 is 2.16 bits per heavy atom. The summed E-state index contributed by atoms with van der Waals surface area (Å²) in [7, 11) is 0. The van der Waals surface area contributed by atoms with E-state index in [1.165, 1.54) is 5.56 Å². The molecule has 2 aromatic heterocycles. The number of aryl methyl sites for hydroxylation is 2. The van der Waals surface area contributed by atoms with Crippen molar-refractivity contribution in [2.45, 2.75) is 33.4 Å². The molecule has 0 aliphatic rings. The van der Waals surface area contributed by atoms with Crippen molar-refractivity contribution in [3.05, 3.63) is 58.3 Å². The third kappa shape index (κ3) is 3.44. The van der Waals surface area contributed by atoms with E-state index in [-0.39, 0.29) is 5.56 Å². The maximum atomic E-state index is 11.6. The lowest BCUT2D eigenvalue weighted by Crippen LogP contribution is -2.18. The number of hydrogen-bond acceptors (Lipinski definition) is 3. The van der Waals surface area contributed by atoms with E-state index in [1.54, 1.807) is 16.8 Å². The Labute approximate surface area is 113 Å². The van der Waals surface area contributed by atoms with Crippen LogP contribution < -0.4 is 10.9 Å². The molecule has 0 spiro atoms. The minimum Gasteiger partial charge on any atom is -0.380 e. The predicted octanol–water partition coefficient (Wildman–Crippen LogP) is 2.57. The number of pyridine rings is 2. The Balaban J connectivity index is 2.10. The van der Waals surface area contributed by atoms with Crippen LogP contribution in [0.3, 0.4) is 0 Å². The molecule has 0 aliphatic carbocycles. The van der Waals surface area contributed by atoms with Crippen LogP contribution in [0.4, 0.5) is 5.69 Å². The lowest BCUT2D eigenvalue weighted by molar-refractivity contribution is 0.655. The summed E-state index contributed by atoms with van der Waals surface area (Å²) in [6.45, 7) is 5.59. The number of nitrogens with one attached hydrogen (secondary N) is 1. The van der Waals surface area contributed by atoms with E-state index in [0.717, 1.165) is 24.2 Å². The van der Waals surface area contributed by atoms with Crippen molar-refractivity contribution < 1.29 is 0 Å². The summed E-state index contributed by atoms with van der Waals surface area (Å²) in [5, 5.41) is 3.33. The first-order chi connectivity index (χ1) is 9.20. The summed E-state index contributed by atoms with van der Waals surface area (Å²) in [5.41, 5.74) is 3.38. The second-order valence-corrected chi connectivity index (χ2v) is 4.61. The van der Waals surface area contributed by atoms with E-state index in [1.807, 2.05) is 24.5 Å². The van der Waals surface area contributed by atoms with Crippen LogP contribution in [0, 0.1) is 6.92 Å². The van der Waals surface area contributed by atoms with Crippen molar-refractivity contribution in [1.29, 1.82) is 0 Å². The second-order valence-electron chi connectivity index (χ2n) is 4.61. The summed E-state index contributed by atoms with van der Waals surface area (Å²) in [6.07, 6.45) is 6.48. The van der Waals surface area contributed by atoms with Gasteiger partial charge in [0.25, 0.3) is 5.56 Å². The topological polar surface area (TPSA) is 46.9 Å². The van der Waals surface area contributed by atoms with E-state index >= 15 is 0 Å². The Kier molecular flexibility index (Phi) is 4.34. The number of anilines is 1. The summed E-state index contributed by atoms with van der Waals surface area (Å²) >= 11 is 0. The van der Waals surface area contributed by atoms with Gasteiger partial charge in [-0.25, -0.2) is 0 Å². The largest absolute Gasteiger partial charge is 0.380 e. The van der Waals surface area contributed by atoms with Crippen LogP contribution in [-0.2, 0) is 13.1 Å². The zero-order valence-electron chi connectivity index (χ0n) is 11.4. The Bertz CT molecular complexity index is 604. The van der Waals surface area contributed by atoms with Gasteiger partial charge in [0.05, 0.1) is 5.69 Å². The van der Waals surface area contributed by atoms with Crippen molar-refractivity contribution >= 4 is 5.69 Å². The highest BCUT2D eigenvalue weighted by molar-refractivity contribution is 5.41. The lowest BCUT2D eigenvalue weighted by Gasteiger charge is -2.10. The number of aromatic nitrogens is 2. The minimum absolute atomic E-state index is 0.0463. The molecule has 2 aromatic rings. The van der Waals surface area contributed by atoms with Crippen LogP contribution in [0.5, 0.6) is 0 Å². The molecule has 0 saturated carbocycles. The molecule has 0 unspecified atom stereocenters. The van der Waals surface area contributed by atoms with Crippen LogP contribution in [0.2, 0.25) is 0 Å². The van der Waals surface area contributed by atoms with Crippen molar-refractivity contribution in [1.82, 2.24) is 9.55 Å². The third-order valence-electron chi connectivity index (χ3n) is 3.08. The van der Waals surface area contributed by atoms with Crippen molar-refractivity contribution in [2.75, 3.05) is 5.32 Å². The van der Waals surface area contributed by atoms with Gasteiger partial charge in [-0.3, -0.25) is 9.78 Å². The minimum atomic E-state index is 0.0463. The molecule has 0 radical (unpaired) electrons. The maximum absolute atomic E-state index is 11.6. The fourth-order valence-corrected chi connectivity index (χ4v) is 1.93. The molecule has 0 amide bonds. The Hall–Kier alpha value is -2.10. The zero-order chi connectivity index (χ0) is 13.7. The number of nitrogens with zero attached hydrogens (tertiary/aromatic N) is 2. The summed E-state index contributed by atoms with van der Waals surface area (Å²) in [6, 6.07) is 5.42. The van der Waals surface area contributed by atoms with E-state index in [2.05, 4.69) is 24.1 Å². The third-order valence-corrected chi connectivity index (χ3v) is 3.08. The molecule has 0 atom stereocenters. The molecule has 0 aromatic carbocycles. The van der Waals surface area contributed by atoms with Gasteiger partial charge in [0.1, 0.15) is 0 Å². The first kappa shape index (κ1) is 13.3. The highest BCUT2D eigenvalue weighted by atomic mass is 16.1. The average molecular weight is 257 g/mol. The summed E-state index contributed by atoms with van der Waals surface area (Å²) in [5.74, 6) is 0. The van der Waals surface area contributed by atoms with Crippen LogP contribution in [-0.4, -0.2) is 9.55 Å². The van der Waals surface area contributed by atoms with E-state index < -0.39 is 0 Å². The molecule has 4 nitrogen and oxygen atoms in total. The molecule has 4 heteroatoms. The van der Waals surface area contributed by atoms with Gasteiger partial charge in [-0.2, -0.15) is 0 Å². The average Bonchev–Trinajstić information content (AvgIpc) is 2.41. The smallest absolute Gasteiger partial charge is 0.250 e. The molecule has 1 N–H and O–H groups in total. The molecule has 0 bridgehead atoms. The van der Waals surface area contributed by atoms with Gasteiger partial charge in [-0.1, -0.05) is 6.92 Å². The first-order valence-electron chi connectivity index (χ1n) is 6.54. The van der Waals surface area contributed by atoms with Gasteiger partial charge in [0, 0.05) is 37.7 Å². The van der Waals surface area contributed by atoms with Crippen LogP contribution in [0.15, 0.2) is 41.6 Å². The number of rotatable bonds is 5. The van der Waals surface area contributed by atoms with Gasteiger partial charge in [0.2, 0.25) is 0 Å². The summed E-state index contributed by atoms with van der Waals surface area (Å²) < 4.78 is 1.73. The SMILES string of the molecule is CCCn1cc(NCc2cnccc2C)ccc1=O. The monoisotopic (exact) mass is 257 g/mol. The van der Waals surface area contributed by atoms with E-state index in [0.29, 0.717) is 6.54 Å². The molecule has 0 aliphatic heterocycles. The molecule has 0 fully saturated rings. The molecule has 2 heterocycles. The Morgan fingerprint density at radius 1 is 1.32 bits per heavy atom. The zero-order valence-corrected chi connectivity index (χ0v) is 11.4. The van der Waals surface area contributed by atoms with Gasteiger partial charge >= 0.3 is 0 Å². The van der Waals surface area contributed by atoms with Crippen LogP contribution in [0.1, 0.15) is 24.5 Å². The predicted molar refractivity (Wildman–Crippen MR) is 77.3 cm³/mol. The highest BCUT2D eigenvalue weighted by Crippen LogP contribution is 2.09.